The molecule has 1 heterocycles. The molecule has 0 aliphatic rings. The second-order valence-electron chi connectivity index (χ2n) is 4.52. The van der Waals surface area contributed by atoms with Gasteiger partial charge in [0.05, 0.1) is 18.0 Å². The van der Waals surface area contributed by atoms with Crippen LogP contribution in [-0.4, -0.2) is 9.97 Å². The average molecular weight is 328 g/mol. The van der Waals surface area contributed by atoms with E-state index in [-0.39, 0.29) is 12.8 Å². The summed E-state index contributed by atoms with van der Waals surface area (Å²) in [6, 6.07) is 6.42. The number of alkyl halides is 3. The van der Waals surface area contributed by atoms with Gasteiger partial charge in [-0.05, 0) is 36.6 Å². The van der Waals surface area contributed by atoms with Crippen LogP contribution in [0.15, 0.2) is 29.3 Å². The van der Waals surface area contributed by atoms with Crippen molar-refractivity contribution in [1.29, 1.82) is 5.26 Å². The number of halogens is 4. The average Bonchev–Trinajstić information content (AvgIpc) is 2.44. The molecule has 0 amide bonds. The molecular weight excluding hydrogens is 319 g/mol. The minimum atomic E-state index is -4.70. The lowest BCUT2D eigenvalue weighted by atomic mass is 10.0. The van der Waals surface area contributed by atoms with Crippen molar-refractivity contribution < 1.29 is 13.2 Å². The first-order chi connectivity index (χ1) is 10.3. The summed E-state index contributed by atoms with van der Waals surface area (Å²) >= 11 is 5.83. The van der Waals surface area contributed by atoms with Crippen LogP contribution in [0.3, 0.4) is 0 Å². The third-order valence-electron chi connectivity index (χ3n) is 2.97. The lowest BCUT2D eigenvalue weighted by Crippen LogP contribution is -2.23. The Labute approximate surface area is 128 Å². The predicted molar refractivity (Wildman–Crippen MR) is 73.4 cm³/mol. The highest BCUT2D eigenvalue weighted by molar-refractivity contribution is 6.30. The largest absolute Gasteiger partial charge is 0.433 e. The number of aromatic amines is 1. The summed E-state index contributed by atoms with van der Waals surface area (Å²) in [6.07, 6.45) is -4.01. The van der Waals surface area contributed by atoms with Gasteiger partial charge in [-0.1, -0.05) is 11.6 Å². The van der Waals surface area contributed by atoms with E-state index in [2.05, 4.69) is 9.97 Å². The molecule has 0 saturated heterocycles. The van der Waals surface area contributed by atoms with Crippen molar-refractivity contribution in [3.05, 3.63) is 62.3 Å². The molecule has 22 heavy (non-hydrogen) atoms. The SMILES string of the molecule is N#Cc1cc(Cl)cc(CCc2c(C(F)(F)F)nc[nH]c2=O)c1. The standard InChI is InChI=1S/C14H9ClF3N3O/c15-10-4-8(3-9(5-10)6-19)1-2-11-12(14(16,17)18)20-7-21-13(11)22/h3-5,7H,1-2H2,(H,20,21,22). The lowest BCUT2D eigenvalue weighted by molar-refractivity contribution is -0.142. The molecule has 0 unspecified atom stereocenters. The van der Waals surface area contributed by atoms with Gasteiger partial charge in [0.15, 0.2) is 5.69 Å². The fourth-order valence-electron chi connectivity index (χ4n) is 2.03. The summed E-state index contributed by atoms with van der Waals surface area (Å²) in [5.41, 5.74) is -1.59. The predicted octanol–water partition coefficient (Wildman–Crippen LogP) is 3.10. The van der Waals surface area contributed by atoms with Crippen LogP contribution < -0.4 is 5.56 Å². The summed E-state index contributed by atoms with van der Waals surface area (Å²) in [5.74, 6) is 0. The molecule has 114 valence electrons. The third kappa shape index (κ3) is 3.65. The Morgan fingerprint density at radius 2 is 2.00 bits per heavy atom. The zero-order valence-corrected chi connectivity index (χ0v) is 11.8. The van der Waals surface area contributed by atoms with Gasteiger partial charge in [-0.3, -0.25) is 4.79 Å². The lowest BCUT2D eigenvalue weighted by Gasteiger charge is -2.10. The summed E-state index contributed by atoms with van der Waals surface area (Å²) < 4.78 is 38.6. The van der Waals surface area contributed by atoms with Gasteiger partial charge in [0, 0.05) is 10.6 Å². The maximum Gasteiger partial charge on any atom is 0.433 e. The van der Waals surface area contributed by atoms with E-state index in [4.69, 9.17) is 16.9 Å². The molecule has 8 heteroatoms. The maximum absolute atomic E-state index is 12.9. The second-order valence-corrected chi connectivity index (χ2v) is 4.95. The van der Waals surface area contributed by atoms with Crippen molar-refractivity contribution >= 4 is 11.6 Å². The van der Waals surface area contributed by atoms with Crippen molar-refractivity contribution in [3.8, 4) is 6.07 Å². The number of rotatable bonds is 3. The van der Waals surface area contributed by atoms with Crippen molar-refractivity contribution in [2.45, 2.75) is 19.0 Å². The molecule has 1 aromatic heterocycles. The molecule has 0 fully saturated rings. The Hall–Kier alpha value is -2.33. The number of hydrogen-bond acceptors (Lipinski definition) is 3. The smallest absolute Gasteiger partial charge is 0.313 e. The minimum absolute atomic E-state index is 0.132. The second kappa shape index (κ2) is 6.20. The Kier molecular flexibility index (Phi) is 4.52. The Balaban J connectivity index is 2.32. The topological polar surface area (TPSA) is 69.5 Å². The molecule has 0 bridgehead atoms. The van der Waals surface area contributed by atoms with E-state index in [1.54, 1.807) is 6.07 Å². The van der Waals surface area contributed by atoms with Crippen LogP contribution >= 0.6 is 11.6 Å². The van der Waals surface area contributed by atoms with E-state index in [0.717, 1.165) is 6.33 Å². The zero-order chi connectivity index (χ0) is 16.3. The van der Waals surface area contributed by atoms with Gasteiger partial charge in [0.2, 0.25) is 0 Å². The van der Waals surface area contributed by atoms with Crippen molar-refractivity contribution in [2.75, 3.05) is 0 Å². The number of hydrogen-bond donors (Lipinski definition) is 1. The van der Waals surface area contributed by atoms with Gasteiger partial charge in [0.25, 0.3) is 5.56 Å². The Morgan fingerprint density at radius 3 is 2.64 bits per heavy atom. The number of aromatic nitrogens is 2. The van der Waals surface area contributed by atoms with Gasteiger partial charge in [-0.15, -0.1) is 0 Å². The molecule has 4 nitrogen and oxygen atoms in total. The van der Waals surface area contributed by atoms with Crippen molar-refractivity contribution in [3.63, 3.8) is 0 Å². The molecule has 1 N–H and O–H groups in total. The Morgan fingerprint density at radius 1 is 1.27 bits per heavy atom. The number of nitrogens with one attached hydrogen (secondary N) is 1. The van der Waals surface area contributed by atoms with Crippen LogP contribution in [0, 0.1) is 11.3 Å². The molecule has 1 aromatic carbocycles. The summed E-state index contributed by atoms with van der Waals surface area (Å²) in [6.45, 7) is 0. The van der Waals surface area contributed by atoms with Crippen LogP contribution in [-0.2, 0) is 19.0 Å². The van der Waals surface area contributed by atoms with Crippen molar-refractivity contribution in [1.82, 2.24) is 9.97 Å². The molecule has 0 spiro atoms. The van der Waals surface area contributed by atoms with Gasteiger partial charge in [-0.2, -0.15) is 18.4 Å². The fourth-order valence-corrected chi connectivity index (χ4v) is 2.29. The number of nitrogens with zero attached hydrogens (tertiary/aromatic N) is 2. The zero-order valence-electron chi connectivity index (χ0n) is 11.0. The molecule has 0 aliphatic heterocycles. The number of H-pyrrole nitrogens is 1. The molecule has 2 rings (SSSR count). The molecular formula is C14H9ClF3N3O. The summed E-state index contributed by atoms with van der Waals surface area (Å²) in [5, 5.41) is 9.15. The molecule has 0 aliphatic carbocycles. The fraction of sp³-hybridized carbons (Fsp3) is 0.214. The van der Waals surface area contributed by atoms with E-state index in [0.29, 0.717) is 16.1 Å². The highest BCUT2D eigenvalue weighted by atomic mass is 35.5. The van der Waals surface area contributed by atoms with Crippen LogP contribution in [0.4, 0.5) is 13.2 Å². The highest BCUT2D eigenvalue weighted by Gasteiger charge is 2.36. The normalized spacial score (nSPS) is 11.2. The van der Waals surface area contributed by atoms with E-state index in [9.17, 15) is 18.0 Å². The number of nitriles is 1. The first kappa shape index (κ1) is 16.0. The van der Waals surface area contributed by atoms with Crippen LogP contribution in [0.5, 0.6) is 0 Å². The summed E-state index contributed by atoms with van der Waals surface area (Å²) in [7, 11) is 0. The first-order valence-electron chi connectivity index (χ1n) is 6.14. The van der Waals surface area contributed by atoms with Gasteiger partial charge >= 0.3 is 6.18 Å². The quantitative estimate of drug-likeness (QED) is 0.941. The number of benzene rings is 1. The van der Waals surface area contributed by atoms with Crippen LogP contribution in [0.2, 0.25) is 5.02 Å². The molecule has 0 saturated carbocycles. The maximum atomic E-state index is 12.9. The van der Waals surface area contributed by atoms with Gasteiger partial charge in [-0.25, -0.2) is 4.98 Å². The molecule has 0 atom stereocenters. The highest BCUT2D eigenvalue weighted by Crippen LogP contribution is 2.29. The van der Waals surface area contributed by atoms with E-state index in [1.807, 2.05) is 6.07 Å². The van der Waals surface area contributed by atoms with Crippen LogP contribution in [0.1, 0.15) is 22.4 Å². The van der Waals surface area contributed by atoms with E-state index < -0.39 is 23.0 Å². The van der Waals surface area contributed by atoms with Gasteiger partial charge in [0.1, 0.15) is 0 Å². The van der Waals surface area contributed by atoms with Gasteiger partial charge < -0.3 is 4.98 Å². The minimum Gasteiger partial charge on any atom is -0.313 e. The van der Waals surface area contributed by atoms with Crippen molar-refractivity contribution in [2.24, 2.45) is 0 Å². The molecule has 0 radical (unpaired) electrons. The number of aryl methyl sites for hydroxylation is 1. The monoisotopic (exact) mass is 327 g/mol. The molecule has 2 aromatic rings. The van der Waals surface area contributed by atoms with E-state index >= 15 is 0 Å². The third-order valence-corrected chi connectivity index (χ3v) is 3.19. The Bertz CT molecular complexity index is 793. The summed E-state index contributed by atoms with van der Waals surface area (Å²) in [4.78, 5) is 17.0. The van der Waals surface area contributed by atoms with E-state index in [1.165, 1.54) is 12.1 Å². The van der Waals surface area contributed by atoms with Crippen LogP contribution in [0.25, 0.3) is 0 Å². The first-order valence-corrected chi connectivity index (χ1v) is 6.52.